The van der Waals surface area contributed by atoms with Crippen molar-refractivity contribution in [3.63, 3.8) is 0 Å². The molecule has 0 aliphatic carbocycles. The molecule has 0 bridgehead atoms. The first kappa shape index (κ1) is 46.2. The maximum absolute atomic E-state index is 14.1. The number of nitrogens with two attached hydrogens (primary N) is 2. The molecule has 6 rings (SSSR count). The summed E-state index contributed by atoms with van der Waals surface area (Å²) in [6.45, 7) is 7.59. The van der Waals surface area contributed by atoms with Gasteiger partial charge in [0.15, 0.2) is 0 Å². The fourth-order valence-electron chi connectivity index (χ4n) is 10.5. The van der Waals surface area contributed by atoms with E-state index < -0.39 is 59.0 Å². The highest BCUT2D eigenvalue weighted by Gasteiger charge is 2.54. The molecule has 0 saturated carbocycles. The number of carboxylic acid groups (broad SMARTS) is 2. The van der Waals surface area contributed by atoms with Crippen LogP contribution in [0.15, 0.2) is 72.8 Å². The fourth-order valence-corrected chi connectivity index (χ4v) is 10.5. The number of hydrogen-bond donors (Lipinski definition) is 4. The Morgan fingerprint density at radius 2 is 1.00 bits per heavy atom. The Balaban J connectivity index is 1.34. The second kappa shape index (κ2) is 18.2. The van der Waals surface area contributed by atoms with Gasteiger partial charge in [-0.05, 0) is 96.9 Å². The van der Waals surface area contributed by atoms with Gasteiger partial charge in [-0.25, -0.2) is 9.59 Å². The highest BCUT2D eigenvalue weighted by molar-refractivity contribution is 5.96. The molecule has 3 aliphatic rings. The van der Waals surface area contributed by atoms with Crippen molar-refractivity contribution in [1.29, 1.82) is 0 Å². The molecule has 338 valence electrons. The minimum Gasteiger partial charge on any atom is -0.497 e. The minimum absolute atomic E-state index is 0.128. The van der Waals surface area contributed by atoms with Crippen molar-refractivity contribution in [2.45, 2.75) is 101 Å². The third-order valence-electron chi connectivity index (χ3n) is 13.6. The summed E-state index contributed by atoms with van der Waals surface area (Å²) in [7, 11) is 4.32. The number of hydrogen-bond acceptors (Lipinski definition) is 8. The molecule has 16 nitrogen and oxygen atoms in total. The van der Waals surface area contributed by atoms with Crippen LogP contribution in [0.2, 0.25) is 0 Å². The lowest BCUT2D eigenvalue weighted by Gasteiger charge is -2.41. The molecule has 3 fully saturated rings. The molecule has 6 atom stereocenters. The van der Waals surface area contributed by atoms with Crippen molar-refractivity contribution < 1.29 is 43.7 Å². The molecule has 0 aromatic heterocycles. The number of carbonyl (C=O) groups excluding carboxylic acids is 4. The molecule has 0 spiro atoms. The van der Waals surface area contributed by atoms with Crippen molar-refractivity contribution in [3.8, 4) is 5.75 Å². The molecule has 3 saturated heterocycles. The average molecular weight is 868 g/mol. The lowest BCUT2D eigenvalue weighted by Crippen LogP contribution is -2.59. The van der Waals surface area contributed by atoms with Crippen LogP contribution in [0.3, 0.4) is 0 Å². The smallest absolute Gasteiger partial charge is 0.407 e. The van der Waals surface area contributed by atoms with Crippen LogP contribution in [0.5, 0.6) is 5.75 Å². The van der Waals surface area contributed by atoms with Gasteiger partial charge in [0.1, 0.15) is 28.9 Å². The van der Waals surface area contributed by atoms with Crippen LogP contribution in [-0.2, 0) is 30.3 Å². The van der Waals surface area contributed by atoms with Gasteiger partial charge in [0.25, 0.3) is 0 Å². The van der Waals surface area contributed by atoms with Crippen LogP contribution < -0.4 is 21.1 Å². The molecule has 3 aliphatic heterocycles. The second-order valence-electron chi connectivity index (χ2n) is 17.8. The number of primary amides is 2. The van der Waals surface area contributed by atoms with Gasteiger partial charge in [0.05, 0.1) is 19.2 Å². The third-order valence-corrected chi connectivity index (χ3v) is 13.6. The Hall–Kier alpha value is -6.32. The topological polar surface area (TPSA) is 220 Å². The molecular weight excluding hydrogens is 807 g/mol. The molecule has 3 aromatic carbocycles. The van der Waals surface area contributed by atoms with Crippen molar-refractivity contribution in [1.82, 2.24) is 19.6 Å². The standard InChI is InChI=1S/C47H61N7O9/c1-28(2)38(50(5)44(59)60)40(55)52-26-8-24-46(52,42(48)57)32-14-10-30(11-15-32)36-22-23-37(54(36)34-18-20-35(63-7)21-19-34)31-12-16-33(17-13-31)47(43(49)58)25-9-27-53(47)41(56)39(29(3)4)51(6)45(61)62/h10-21,28-29,36-39H,8-9,22-27H2,1-7H3,(H2,48,57)(H2,49,58)(H,59,60)(H,61,62)/t36-,37-,38+,39+,46+,47+/m1/s1. The Labute approximate surface area is 368 Å². The van der Waals surface area contributed by atoms with E-state index in [0.29, 0.717) is 42.6 Å². The van der Waals surface area contributed by atoms with Gasteiger partial charge in [-0.3, -0.25) is 29.0 Å². The Kier molecular flexibility index (Phi) is 13.3. The van der Waals surface area contributed by atoms with Gasteiger partial charge in [-0.15, -0.1) is 0 Å². The van der Waals surface area contributed by atoms with E-state index in [-0.39, 0.29) is 37.0 Å². The van der Waals surface area contributed by atoms with Gasteiger partial charge in [-0.2, -0.15) is 0 Å². The van der Waals surface area contributed by atoms with Crippen LogP contribution in [-0.4, -0.2) is 112 Å². The third kappa shape index (κ3) is 8.11. The largest absolute Gasteiger partial charge is 0.497 e. The average Bonchev–Trinajstić information content (AvgIpc) is 4.02. The summed E-state index contributed by atoms with van der Waals surface area (Å²) in [5.41, 5.74) is 13.4. The normalized spacial score (nSPS) is 23.2. The van der Waals surface area contributed by atoms with E-state index in [9.17, 15) is 39.0 Å². The molecule has 3 heterocycles. The summed E-state index contributed by atoms with van der Waals surface area (Å²) in [6, 6.07) is 20.8. The van der Waals surface area contributed by atoms with Gasteiger partial charge in [0.2, 0.25) is 23.6 Å². The molecule has 0 radical (unpaired) electrons. The summed E-state index contributed by atoms with van der Waals surface area (Å²) >= 11 is 0. The number of benzene rings is 3. The first-order valence-corrected chi connectivity index (χ1v) is 21.6. The zero-order chi connectivity index (χ0) is 46.1. The monoisotopic (exact) mass is 867 g/mol. The first-order valence-electron chi connectivity index (χ1n) is 21.6. The molecule has 63 heavy (non-hydrogen) atoms. The number of methoxy groups -OCH3 is 1. The van der Waals surface area contributed by atoms with E-state index in [4.69, 9.17) is 16.2 Å². The minimum atomic E-state index is -1.46. The van der Waals surface area contributed by atoms with Crippen molar-refractivity contribution in [3.05, 3.63) is 95.1 Å². The molecule has 0 unspecified atom stereocenters. The highest BCUT2D eigenvalue weighted by Crippen LogP contribution is 2.49. The Bertz CT molecular complexity index is 2070. The number of nitrogens with zero attached hydrogens (tertiary/aromatic N) is 5. The summed E-state index contributed by atoms with van der Waals surface area (Å²) in [6.07, 6.45) is 0.650. The molecule has 6 N–H and O–H groups in total. The lowest BCUT2D eigenvalue weighted by molar-refractivity contribution is -0.148. The number of anilines is 1. The second-order valence-corrected chi connectivity index (χ2v) is 17.8. The number of amides is 6. The molecular formula is C47H61N7O9. The predicted octanol–water partition coefficient (Wildman–Crippen LogP) is 5.65. The van der Waals surface area contributed by atoms with E-state index in [1.54, 1.807) is 34.8 Å². The van der Waals surface area contributed by atoms with E-state index in [1.807, 2.05) is 72.8 Å². The Morgan fingerprint density at radius 3 is 1.30 bits per heavy atom. The van der Waals surface area contributed by atoms with Crippen LogP contribution in [0.4, 0.5) is 15.3 Å². The quantitative estimate of drug-likeness (QED) is 0.156. The van der Waals surface area contributed by atoms with Crippen LogP contribution in [0, 0.1) is 11.8 Å². The zero-order valence-corrected chi connectivity index (χ0v) is 37.2. The zero-order valence-electron chi connectivity index (χ0n) is 37.2. The fraction of sp³-hybridized carbons (Fsp3) is 0.489. The molecule has 16 heteroatoms. The maximum atomic E-state index is 14.1. The van der Waals surface area contributed by atoms with E-state index in [1.165, 1.54) is 23.9 Å². The van der Waals surface area contributed by atoms with Crippen molar-refractivity contribution in [2.75, 3.05) is 39.2 Å². The van der Waals surface area contributed by atoms with E-state index in [0.717, 1.165) is 39.5 Å². The van der Waals surface area contributed by atoms with Crippen LogP contribution in [0.25, 0.3) is 0 Å². The number of likely N-dealkylation sites (tertiary alicyclic amines) is 2. The maximum Gasteiger partial charge on any atom is 0.407 e. The summed E-state index contributed by atoms with van der Waals surface area (Å²) in [4.78, 5) is 86.5. The van der Waals surface area contributed by atoms with Gasteiger partial charge >= 0.3 is 12.2 Å². The first-order chi connectivity index (χ1) is 29.8. The summed E-state index contributed by atoms with van der Waals surface area (Å²) < 4.78 is 5.48. The summed E-state index contributed by atoms with van der Waals surface area (Å²) in [5.74, 6) is -2.31. The van der Waals surface area contributed by atoms with Crippen LogP contribution >= 0.6 is 0 Å². The van der Waals surface area contributed by atoms with Gasteiger partial charge in [-0.1, -0.05) is 76.2 Å². The molecule has 6 amide bonds. The number of rotatable bonds is 14. The van der Waals surface area contributed by atoms with Gasteiger partial charge in [0, 0.05) is 32.9 Å². The molecule has 3 aromatic rings. The van der Waals surface area contributed by atoms with E-state index >= 15 is 0 Å². The summed E-state index contributed by atoms with van der Waals surface area (Å²) in [5, 5.41) is 19.6. The van der Waals surface area contributed by atoms with Crippen molar-refractivity contribution >= 4 is 41.5 Å². The Morgan fingerprint density at radius 1 is 0.635 bits per heavy atom. The van der Waals surface area contributed by atoms with E-state index in [2.05, 4.69) is 4.90 Å². The SMILES string of the molecule is COc1ccc(N2[C@@H](c3ccc([C@]4(C(N)=O)CCCN4C(=O)[C@H](C(C)C)N(C)C(=O)O)cc3)CC[C@@H]2c2ccc([C@]3(C(N)=O)CCCN3C(=O)[C@H](C(C)C)N(C)C(=O)O)cc2)cc1. The number of ether oxygens (including phenoxy) is 1. The number of carbonyl (C=O) groups is 6. The lowest BCUT2D eigenvalue weighted by atomic mass is 9.84. The number of likely N-dealkylation sites (N-methyl/N-ethyl adjacent to an activating group) is 2. The highest BCUT2D eigenvalue weighted by atomic mass is 16.5. The predicted molar refractivity (Wildman–Crippen MR) is 236 cm³/mol. The van der Waals surface area contributed by atoms with Gasteiger partial charge < -0.3 is 41.1 Å². The van der Waals surface area contributed by atoms with Crippen molar-refractivity contribution in [2.24, 2.45) is 23.3 Å². The van der Waals surface area contributed by atoms with Crippen LogP contribution in [0.1, 0.15) is 101 Å².